The lowest BCUT2D eigenvalue weighted by atomic mass is 9.93. The summed E-state index contributed by atoms with van der Waals surface area (Å²) in [6.07, 6.45) is 0.970. The van der Waals surface area contributed by atoms with Crippen molar-refractivity contribution >= 4 is 23.6 Å². The number of hydrogen-bond donors (Lipinski definition) is 2. The summed E-state index contributed by atoms with van der Waals surface area (Å²) < 4.78 is 10.8. The van der Waals surface area contributed by atoms with Crippen molar-refractivity contribution < 1.29 is 24.2 Å². The maximum absolute atomic E-state index is 12.5. The third kappa shape index (κ3) is 3.10. The lowest BCUT2D eigenvalue weighted by molar-refractivity contribution is -0.147. The number of benzene rings is 1. The third-order valence-electron chi connectivity index (χ3n) is 4.34. The van der Waals surface area contributed by atoms with Gasteiger partial charge in [0.1, 0.15) is 23.6 Å². The molecular formula is C16H19NO5S. The number of ether oxygens (including phenoxy) is 2. The normalized spacial score (nSPS) is 26.0. The van der Waals surface area contributed by atoms with Crippen molar-refractivity contribution in [3.8, 4) is 11.5 Å². The molecule has 0 saturated carbocycles. The van der Waals surface area contributed by atoms with Gasteiger partial charge in [-0.2, -0.15) is 11.8 Å². The van der Waals surface area contributed by atoms with Crippen molar-refractivity contribution in [3.05, 3.63) is 23.8 Å². The molecule has 2 N–H and O–H groups in total. The van der Waals surface area contributed by atoms with Crippen molar-refractivity contribution in [1.29, 1.82) is 0 Å². The van der Waals surface area contributed by atoms with Gasteiger partial charge < -0.3 is 19.9 Å². The highest BCUT2D eigenvalue weighted by molar-refractivity contribution is 7.99. The van der Waals surface area contributed by atoms with Crippen LogP contribution in [0.4, 0.5) is 0 Å². The van der Waals surface area contributed by atoms with Crippen LogP contribution in [-0.4, -0.2) is 47.7 Å². The first kappa shape index (κ1) is 16.0. The van der Waals surface area contributed by atoms with E-state index in [1.54, 1.807) is 18.9 Å². The van der Waals surface area contributed by atoms with E-state index in [2.05, 4.69) is 5.32 Å². The summed E-state index contributed by atoms with van der Waals surface area (Å²) in [6, 6.07) is 5.50. The molecule has 1 aromatic carbocycles. The Hall–Kier alpha value is -1.89. The van der Waals surface area contributed by atoms with Crippen LogP contribution in [0.15, 0.2) is 18.2 Å². The van der Waals surface area contributed by atoms with E-state index in [9.17, 15) is 14.7 Å². The number of rotatable bonds is 4. The molecule has 2 aliphatic rings. The summed E-state index contributed by atoms with van der Waals surface area (Å²) in [6.45, 7) is 0.258. The van der Waals surface area contributed by atoms with Crippen molar-refractivity contribution in [3.63, 3.8) is 0 Å². The lowest BCUT2D eigenvalue weighted by Gasteiger charge is -2.30. The number of methoxy groups -OCH3 is 1. The van der Waals surface area contributed by atoms with Gasteiger partial charge in [-0.3, -0.25) is 4.79 Å². The Bertz CT molecular complexity index is 627. The SMILES string of the molecule is COc1ccc2c(c1)CC(C(=O)NC1(C(=O)O)CCSC1)CO2. The summed E-state index contributed by atoms with van der Waals surface area (Å²) in [4.78, 5) is 24.1. The molecule has 1 aromatic rings. The zero-order chi connectivity index (χ0) is 16.4. The molecule has 6 nitrogen and oxygen atoms in total. The molecule has 124 valence electrons. The standard InChI is InChI=1S/C16H19NO5S/c1-21-12-2-3-13-10(7-12)6-11(8-22-13)14(18)17-16(15(19)20)4-5-23-9-16/h2-3,7,11H,4-6,8-9H2,1H3,(H,17,18)(H,19,20). The largest absolute Gasteiger partial charge is 0.497 e. The molecule has 3 rings (SSSR count). The fourth-order valence-electron chi connectivity index (χ4n) is 2.89. The van der Waals surface area contributed by atoms with Gasteiger partial charge in [0, 0.05) is 5.75 Å². The number of thioether (sulfide) groups is 1. The Morgan fingerprint density at radius 3 is 2.96 bits per heavy atom. The minimum absolute atomic E-state index is 0.258. The number of fused-ring (bicyclic) bond motifs is 1. The second-order valence-electron chi connectivity index (χ2n) is 5.86. The van der Waals surface area contributed by atoms with Crippen molar-refractivity contribution in [2.45, 2.75) is 18.4 Å². The highest BCUT2D eigenvalue weighted by atomic mass is 32.2. The Morgan fingerprint density at radius 1 is 1.48 bits per heavy atom. The van der Waals surface area contributed by atoms with Crippen molar-refractivity contribution in [2.24, 2.45) is 5.92 Å². The molecule has 0 aromatic heterocycles. The van der Waals surface area contributed by atoms with E-state index in [-0.39, 0.29) is 12.5 Å². The number of carboxylic acids is 1. The van der Waals surface area contributed by atoms with Crippen LogP contribution in [0.25, 0.3) is 0 Å². The summed E-state index contributed by atoms with van der Waals surface area (Å²) in [5, 5.41) is 12.2. The van der Waals surface area contributed by atoms with Gasteiger partial charge in [-0.25, -0.2) is 4.79 Å². The topological polar surface area (TPSA) is 84.9 Å². The molecule has 1 fully saturated rings. The Balaban J connectivity index is 1.72. The van der Waals surface area contributed by atoms with Gasteiger partial charge in [0.05, 0.1) is 13.0 Å². The van der Waals surface area contributed by atoms with Crippen molar-refractivity contribution in [2.75, 3.05) is 25.2 Å². The summed E-state index contributed by atoms with van der Waals surface area (Å²) in [7, 11) is 1.59. The molecule has 2 atom stereocenters. The molecule has 0 radical (unpaired) electrons. The summed E-state index contributed by atoms with van der Waals surface area (Å²) in [5.74, 6) is 0.996. The zero-order valence-corrected chi connectivity index (χ0v) is 13.6. The summed E-state index contributed by atoms with van der Waals surface area (Å²) in [5.41, 5.74) is -0.239. The van der Waals surface area contributed by atoms with Gasteiger partial charge in [0.2, 0.25) is 5.91 Å². The number of amides is 1. The van der Waals surface area contributed by atoms with Crippen LogP contribution in [0.1, 0.15) is 12.0 Å². The molecule has 0 aliphatic carbocycles. The van der Waals surface area contributed by atoms with Gasteiger partial charge in [-0.05, 0) is 42.4 Å². The molecule has 1 amide bonds. The van der Waals surface area contributed by atoms with Crippen LogP contribution in [-0.2, 0) is 16.0 Å². The van der Waals surface area contributed by atoms with E-state index >= 15 is 0 Å². The number of carbonyl (C=O) groups is 2. The van der Waals surface area contributed by atoms with E-state index in [1.165, 1.54) is 0 Å². The van der Waals surface area contributed by atoms with Crippen LogP contribution >= 0.6 is 11.8 Å². The van der Waals surface area contributed by atoms with Crippen molar-refractivity contribution in [1.82, 2.24) is 5.32 Å². The predicted octanol–water partition coefficient (Wildman–Crippen LogP) is 1.32. The zero-order valence-electron chi connectivity index (χ0n) is 12.8. The Morgan fingerprint density at radius 2 is 2.30 bits per heavy atom. The smallest absolute Gasteiger partial charge is 0.330 e. The number of aliphatic carboxylic acids is 1. The molecule has 0 bridgehead atoms. The van der Waals surface area contributed by atoms with Gasteiger partial charge in [0.25, 0.3) is 0 Å². The van der Waals surface area contributed by atoms with Crippen LogP contribution in [0.3, 0.4) is 0 Å². The van der Waals surface area contributed by atoms with E-state index in [4.69, 9.17) is 9.47 Å². The number of carboxylic acid groups (broad SMARTS) is 1. The average Bonchev–Trinajstić information content (AvgIpc) is 3.03. The Labute approximate surface area is 138 Å². The van der Waals surface area contributed by atoms with E-state index in [0.717, 1.165) is 17.1 Å². The van der Waals surface area contributed by atoms with Crippen LogP contribution in [0, 0.1) is 5.92 Å². The van der Waals surface area contributed by atoms with Crippen LogP contribution in [0.2, 0.25) is 0 Å². The number of nitrogens with one attached hydrogen (secondary N) is 1. The molecule has 23 heavy (non-hydrogen) atoms. The lowest BCUT2D eigenvalue weighted by Crippen LogP contribution is -2.57. The number of hydrogen-bond acceptors (Lipinski definition) is 5. The predicted molar refractivity (Wildman–Crippen MR) is 86.1 cm³/mol. The first-order valence-corrected chi connectivity index (χ1v) is 8.62. The summed E-state index contributed by atoms with van der Waals surface area (Å²) >= 11 is 1.55. The Kier molecular flexibility index (Phi) is 4.39. The maximum atomic E-state index is 12.5. The minimum Gasteiger partial charge on any atom is -0.497 e. The van der Waals surface area contributed by atoms with E-state index in [0.29, 0.717) is 24.3 Å². The van der Waals surface area contributed by atoms with E-state index in [1.807, 2.05) is 18.2 Å². The van der Waals surface area contributed by atoms with Gasteiger partial charge in [0.15, 0.2) is 0 Å². The molecule has 2 heterocycles. The van der Waals surface area contributed by atoms with Gasteiger partial charge in [-0.15, -0.1) is 0 Å². The minimum atomic E-state index is -1.14. The molecule has 1 saturated heterocycles. The molecular weight excluding hydrogens is 318 g/mol. The fourth-order valence-corrected chi connectivity index (χ4v) is 4.22. The van der Waals surface area contributed by atoms with E-state index < -0.39 is 17.4 Å². The third-order valence-corrected chi connectivity index (χ3v) is 5.53. The molecule has 0 spiro atoms. The van der Waals surface area contributed by atoms with Crippen LogP contribution < -0.4 is 14.8 Å². The first-order valence-electron chi connectivity index (χ1n) is 7.47. The molecule has 7 heteroatoms. The highest BCUT2D eigenvalue weighted by Crippen LogP contribution is 2.32. The second kappa shape index (κ2) is 6.31. The first-order chi connectivity index (χ1) is 11.0. The quantitative estimate of drug-likeness (QED) is 0.862. The second-order valence-corrected chi connectivity index (χ2v) is 6.97. The average molecular weight is 337 g/mol. The highest BCUT2D eigenvalue weighted by Gasteiger charge is 2.44. The molecule has 2 aliphatic heterocycles. The monoisotopic (exact) mass is 337 g/mol. The molecule has 2 unspecified atom stereocenters. The fraction of sp³-hybridized carbons (Fsp3) is 0.500. The van der Waals surface area contributed by atoms with Gasteiger partial charge in [-0.1, -0.05) is 0 Å². The number of carbonyl (C=O) groups excluding carboxylic acids is 1. The van der Waals surface area contributed by atoms with Gasteiger partial charge >= 0.3 is 5.97 Å². The maximum Gasteiger partial charge on any atom is 0.330 e. The van der Waals surface area contributed by atoms with Crippen LogP contribution in [0.5, 0.6) is 11.5 Å².